The highest BCUT2D eigenvalue weighted by molar-refractivity contribution is 7.99. The molecule has 0 radical (unpaired) electrons. The van der Waals surface area contributed by atoms with Gasteiger partial charge in [-0.2, -0.15) is 0 Å². The van der Waals surface area contributed by atoms with Gasteiger partial charge in [0.25, 0.3) is 0 Å². The van der Waals surface area contributed by atoms with Gasteiger partial charge in [-0.3, -0.25) is 0 Å². The second-order valence-corrected chi connectivity index (χ2v) is 6.05. The molecule has 2 heterocycles. The predicted molar refractivity (Wildman–Crippen MR) is 80.3 cm³/mol. The molecule has 0 unspecified atom stereocenters. The molecule has 1 aromatic carbocycles. The van der Waals surface area contributed by atoms with Crippen LogP contribution in [0, 0.1) is 13.8 Å². The number of methoxy groups -OCH3 is 1. The molecule has 0 spiro atoms. The van der Waals surface area contributed by atoms with E-state index in [1.54, 1.807) is 18.9 Å². The first-order valence-corrected chi connectivity index (χ1v) is 7.63. The monoisotopic (exact) mass is 290 g/mol. The summed E-state index contributed by atoms with van der Waals surface area (Å²) >= 11 is 1.75. The van der Waals surface area contributed by atoms with E-state index in [0.717, 1.165) is 51.3 Å². The minimum atomic E-state index is 0.0216. The quantitative estimate of drug-likeness (QED) is 0.944. The largest absolute Gasteiger partial charge is 0.497 e. The molecule has 1 aliphatic heterocycles. The average Bonchev–Trinajstić information content (AvgIpc) is 2.98. The fourth-order valence-electron chi connectivity index (χ4n) is 2.81. The van der Waals surface area contributed by atoms with Gasteiger partial charge in [-0.15, -0.1) is 0 Å². The van der Waals surface area contributed by atoms with Crippen LogP contribution in [0.25, 0.3) is 11.3 Å². The number of aliphatic hydroxyl groups excluding tert-OH is 1. The lowest BCUT2D eigenvalue weighted by Crippen LogP contribution is -2.02. The van der Waals surface area contributed by atoms with Gasteiger partial charge in [0, 0.05) is 17.9 Å². The lowest BCUT2D eigenvalue weighted by Gasteiger charge is -2.12. The summed E-state index contributed by atoms with van der Waals surface area (Å²) in [7, 11) is 1.68. The summed E-state index contributed by atoms with van der Waals surface area (Å²) < 4.78 is 7.43. The lowest BCUT2D eigenvalue weighted by atomic mass is 9.98. The Kier molecular flexibility index (Phi) is 3.48. The molecular formula is C15H18N2O2S. The minimum absolute atomic E-state index is 0.0216. The van der Waals surface area contributed by atoms with Crippen molar-refractivity contribution in [1.82, 2.24) is 9.55 Å². The predicted octanol–water partition coefficient (Wildman–Crippen LogP) is 2.77. The van der Waals surface area contributed by atoms with Crippen molar-refractivity contribution in [1.29, 1.82) is 0 Å². The van der Waals surface area contributed by atoms with Gasteiger partial charge in [0.15, 0.2) is 5.16 Å². The Morgan fingerprint density at radius 2 is 2.05 bits per heavy atom. The molecule has 1 N–H and O–H groups in total. The molecule has 0 fully saturated rings. The van der Waals surface area contributed by atoms with Gasteiger partial charge in [-0.05, 0) is 37.1 Å². The maximum atomic E-state index is 9.72. The van der Waals surface area contributed by atoms with E-state index in [9.17, 15) is 5.11 Å². The number of hydrogen-bond acceptors (Lipinski definition) is 4. The van der Waals surface area contributed by atoms with Crippen molar-refractivity contribution >= 4 is 11.8 Å². The number of aryl methyl sites for hydroxylation is 2. The molecular weight excluding hydrogens is 272 g/mol. The summed E-state index contributed by atoms with van der Waals surface area (Å²) in [5.74, 6) is 1.89. The molecule has 0 saturated heterocycles. The smallest absolute Gasteiger partial charge is 0.168 e. The Morgan fingerprint density at radius 3 is 2.65 bits per heavy atom. The molecule has 1 aromatic heterocycles. The third-order valence-corrected chi connectivity index (χ3v) is 4.67. The Labute approximate surface area is 122 Å². The molecule has 0 saturated carbocycles. The fraction of sp³-hybridized carbons (Fsp3) is 0.400. The van der Waals surface area contributed by atoms with E-state index >= 15 is 0 Å². The van der Waals surface area contributed by atoms with Crippen LogP contribution in [0.1, 0.15) is 16.8 Å². The van der Waals surface area contributed by atoms with Crippen molar-refractivity contribution in [2.75, 3.05) is 12.9 Å². The van der Waals surface area contributed by atoms with Gasteiger partial charge in [-0.1, -0.05) is 11.8 Å². The average molecular weight is 290 g/mol. The van der Waals surface area contributed by atoms with Crippen LogP contribution in [0.15, 0.2) is 17.3 Å². The Balaban J connectivity index is 2.19. The highest BCUT2D eigenvalue weighted by atomic mass is 32.2. The van der Waals surface area contributed by atoms with Crippen LogP contribution in [0.5, 0.6) is 5.75 Å². The van der Waals surface area contributed by atoms with Crippen LogP contribution < -0.4 is 4.74 Å². The van der Waals surface area contributed by atoms with E-state index in [1.165, 1.54) is 0 Å². The lowest BCUT2D eigenvalue weighted by molar-refractivity contribution is 0.271. The molecule has 0 amide bonds. The highest BCUT2D eigenvalue weighted by Gasteiger charge is 2.24. The molecule has 4 nitrogen and oxygen atoms in total. The number of thioether (sulfide) groups is 1. The minimum Gasteiger partial charge on any atom is -0.497 e. The first kappa shape index (κ1) is 13.5. The summed E-state index contributed by atoms with van der Waals surface area (Å²) in [5.41, 5.74) is 5.18. The van der Waals surface area contributed by atoms with E-state index in [2.05, 4.69) is 18.4 Å². The number of benzene rings is 1. The number of nitrogens with zero attached hydrogens (tertiary/aromatic N) is 2. The molecule has 2 aromatic rings. The summed E-state index contributed by atoms with van der Waals surface area (Å²) in [5, 5.41) is 10.7. The van der Waals surface area contributed by atoms with E-state index in [1.807, 2.05) is 12.1 Å². The zero-order valence-electron chi connectivity index (χ0n) is 11.9. The van der Waals surface area contributed by atoms with Gasteiger partial charge in [0.1, 0.15) is 5.75 Å². The summed E-state index contributed by atoms with van der Waals surface area (Å²) in [4.78, 5) is 4.73. The first-order valence-electron chi connectivity index (χ1n) is 6.64. The third kappa shape index (κ3) is 2.01. The van der Waals surface area contributed by atoms with Gasteiger partial charge in [-0.25, -0.2) is 4.98 Å². The number of aliphatic hydroxyl groups is 1. The molecule has 0 aliphatic carbocycles. The second kappa shape index (κ2) is 5.14. The van der Waals surface area contributed by atoms with Gasteiger partial charge >= 0.3 is 0 Å². The van der Waals surface area contributed by atoms with E-state index in [4.69, 9.17) is 9.72 Å². The van der Waals surface area contributed by atoms with Crippen molar-refractivity contribution in [3.8, 4) is 17.0 Å². The van der Waals surface area contributed by atoms with Crippen LogP contribution in [0.3, 0.4) is 0 Å². The summed E-state index contributed by atoms with van der Waals surface area (Å²) in [6, 6.07) is 4.03. The zero-order chi connectivity index (χ0) is 14.3. The van der Waals surface area contributed by atoms with Crippen LogP contribution >= 0.6 is 11.8 Å². The molecule has 5 heteroatoms. The molecule has 1 aliphatic rings. The second-order valence-electron chi connectivity index (χ2n) is 4.98. The van der Waals surface area contributed by atoms with Gasteiger partial charge in [0.2, 0.25) is 0 Å². The number of rotatable bonds is 3. The van der Waals surface area contributed by atoms with E-state index in [0.29, 0.717) is 0 Å². The maximum absolute atomic E-state index is 9.72. The number of fused-ring (bicyclic) bond motifs is 1. The van der Waals surface area contributed by atoms with E-state index < -0.39 is 0 Å². The Hall–Kier alpha value is -1.46. The van der Waals surface area contributed by atoms with Crippen molar-refractivity contribution in [2.24, 2.45) is 0 Å². The Morgan fingerprint density at radius 1 is 1.35 bits per heavy atom. The standard InChI is InChI=1S/C15H18N2O2S/c1-9-6-11(19-3)7-10(2)13(9)14-12(8-18)17-4-5-20-15(17)16-14/h6-7,18H,4-5,8H2,1-3H3. The van der Waals surface area contributed by atoms with Crippen LogP contribution in [-0.2, 0) is 13.2 Å². The van der Waals surface area contributed by atoms with Crippen LogP contribution in [0.4, 0.5) is 0 Å². The van der Waals surface area contributed by atoms with Crippen molar-refractivity contribution in [3.63, 3.8) is 0 Å². The van der Waals surface area contributed by atoms with Crippen molar-refractivity contribution in [3.05, 3.63) is 29.0 Å². The highest BCUT2D eigenvalue weighted by Crippen LogP contribution is 2.37. The van der Waals surface area contributed by atoms with Crippen molar-refractivity contribution < 1.29 is 9.84 Å². The van der Waals surface area contributed by atoms with Gasteiger partial charge < -0.3 is 14.4 Å². The third-order valence-electron chi connectivity index (χ3n) is 3.71. The molecule has 0 atom stereocenters. The fourth-order valence-corrected chi connectivity index (χ4v) is 3.78. The number of ether oxygens (including phenoxy) is 1. The van der Waals surface area contributed by atoms with Gasteiger partial charge in [0.05, 0.1) is 25.1 Å². The van der Waals surface area contributed by atoms with Crippen molar-refractivity contribution in [2.45, 2.75) is 32.2 Å². The number of hydrogen-bond donors (Lipinski definition) is 1. The molecule has 20 heavy (non-hydrogen) atoms. The van der Waals surface area contributed by atoms with Crippen LogP contribution in [0.2, 0.25) is 0 Å². The first-order chi connectivity index (χ1) is 9.65. The molecule has 3 rings (SSSR count). The topological polar surface area (TPSA) is 47.3 Å². The normalized spacial score (nSPS) is 13.6. The van der Waals surface area contributed by atoms with E-state index in [-0.39, 0.29) is 6.61 Å². The Bertz CT molecular complexity index is 641. The zero-order valence-corrected chi connectivity index (χ0v) is 12.8. The maximum Gasteiger partial charge on any atom is 0.168 e. The molecule has 106 valence electrons. The number of imidazole rings is 1. The molecule has 0 bridgehead atoms. The summed E-state index contributed by atoms with van der Waals surface area (Å²) in [6.45, 7) is 5.07. The SMILES string of the molecule is COc1cc(C)c(-c2nc3n(c2CO)CCS3)c(C)c1. The van der Waals surface area contributed by atoms with Crippen LogP contribution in [-0.4, -0.2) is 27.5 Å². The summed E-state index contributed by atoms with van der Waals surface area (Å²) in [6.07, 6.45) is 0. The number of aromatic nitrogens is 2.